The van der Waals surface area contributed by atoms with Gasteiger partial charge in [-0.3, -0.25) is 9.59 Å². The Kier molecular flexibility index (Phi) is 6.49. The first kappa shape index (κ1) is 18.1. The maximum absolute atomic E-state index is 12.9. The minimum atomic E-state index is -0.295. The number of hydrogen-bond acceptors (Lipinski definition) is 2. The van der Waals surface area contributed by atoms with Crippen molar-refractivity contribution in [2.45, 2.75) is 13.3 Å². The summed E-state index contributed by atoms with van der Waals surface area (Å²) in [6.07, 6.45) is 0.561. The second-order valence-corrected chi connectivity index (χ2v) is 6.29. The summed E-state index contributed by atoms with van der Waals surface area (Å²) in [5, 5.41) is 2.76. The Morgan fingerprint density at radius 2 is 1.71 bits per heavy atom. The lowest BCUT2D eigenvalue weighted by Gasteiger charge is -2.20. The maximum atomic E-state index is 12.9. The van der Waals surface area contributed by atoms with Gasteiger partial charge >= 0.3 is 0 Å². The number of carbonyl (C=O) groups excluding carboxylic acids is 2. The van der Waals surface area contributed by atoms with Crippen molar-refractivity contribution in [2.75, 3.05) is 18.4 Å². The lowest BCUT2D eigenvalue weighted by Crippen LogP contribution is -2.38. The molecule has 1 N–H and O–H groups in total. The van der Waals surface area contributed by atoms with Gasteiger partial charge in [0.2, 0.25) is 11.8 Å². The van der Waals surface area contributed by atoms with Crippen molar-refractivity contribution in [3.63, 3.8) is 0 Å². The van der Waals surface area contributed by atoms with Gasteiger partial charge in [-0.05, 0) is 48.4 Å². The predicted octanol–water partition coefficient (Wildman–Crippen LogP) is 3.62. The van der Waals surface area contributed by atoms with Crippen molar-refractivity contribution in [2.24, 2.45) is 0 Å². The van der Waals surface area contributed by atoms with Gasteiger partial charge in [0.25, 0.3) is 0 Å². The number of nitrogens with zero attached hydrogens (tertiary/aromatic N) is 1. The van der Waals surface area contributed by atoms with Gasteiger partial charge in [-0.2, -0.15) is 0 Å². The summed E-state index contributed by atoms with van der Waals surface area (Å²) in [4.78, 5) is 25.3. The standard InChI is InChI=1S/C18H18BrFN2O2/c1-13(23)22(11-10-14-2-6-16(20)7-3-14)12-18(24)21-17-8-4-15(19)5-9-17/h2-9H,10-12H2,1H3,(H,21,24). The first-order valence-electron chi connectivity index (χ1n) is 7.49. The zero-order valence-electron chi connectivity index (χ0n) is 13.3. The Labute approximate surface area is 148 Å². The molecule has 0 aliphatic heterocycles. The van der Waals surface area contributed by atoms with E-state index in [9.17, 15) is 14.0 Å². The molecule has 4 nitrogen and oxygen atoms in total. The van der Waals surface area contributed by atoms with E-state index >= 15 is 0 Å². The van der Waals surface area contributed by atoms with Gasteiger partial charge in [0.05, 0.1) is 6.54 Å². The van der Waals surface area contributed by atoms with E-state index in [1.165, 1.54) is 24.0 Å². The van der Waals surface area contributed by atoms with Crippen LogP contribution in [0.2, 0.25) is 0 Å². The molecular formula is C18H18BrFN2O2. The van der Waals surface area contributed by atoms with Crippen LogP contribution in [0.1, 0.15) is 12.5 Å². The number of amides is 2. The summed E-state index contributed by atoms with van der Waals surface area (Å²) in [7, 11) is 0. The summed E-state index contributed by atoms with van der Waals surface area (Å²) < 4.78 is 13.8. The fourth-order valence-corrected chi connectivity index (χ4v) is 2.43. The third-order valence-electron chi connectivity index (χ3n) is 3.49. The molecule has 0 aliphatic carbocycles. The fourth-order valence-electron chi connectivity index (χ4n) is 2.17. The van der Waals surface area contributed by atoms with Crippen molar-refractivity contribution in [3.8, 4) is 0 Å². The van der Waals surface area contributed by atoms with Crippen LogP contribution < -0.4 is 5.32 Å². The summed E-state index contributed by atoms with van der Waals surface area (Å²) in [5.41, 5.74) is 1.58. The van der Waals surface area contributed by atoms with Crippen LogP contribution in [0.4, 0.5) is 10.1 Å². The Morgan fingerprint density at radius 3 is 2.29 bits per heavy atom. The summed E-state index contributed by atoms with van der Waals surface area (Å²) in [6, 6.07) is 13.3. The van der Waals surface area contributed by atoms with Gasteiger partial charge in [-0.1, -0.05) is 28.1 Å². The van der Waals surface area contributed by atoms with E-state index in [2.05, 4.69) is 21.2 Å². The van der Waals surface area contributed by atoms with Crippen LogP contribution in [0.25, 0.3) is 0 Å². The summed E-state index contributed by atoms with van der Waals surface area (Å²) >= 11 is 3.33. The molecule has 0 aromatic heterocycles. The topological polar surface area (TPSA) is 49.4 Å². The molecule has 0 radical (unpaired) electrons. The first-order chi connectivity index (χ1) is 11.4. The second kappa shape index (κ2) is 8.59. The van der Waals surface area contributed by atoms with Gasteiger partial charge in [0.1, 0.15) is 5.82 Å². The van der Waals surface area contributed by atoms with Crippen LogP contribution >= 0.6 is 15.9 Å². The van der Waals surface area contributed by atoms with E-state index < -0.39 is 0 Å². The van der Waals surface area contributed by atoms with Gasteiger partial charge in [0.15, 0.2) is 0 Å². The smallest absolute Gasteiger partial charge is 0.243 e. The number of hydrogen-bond donors (Lipinski definition) is 1. The molecule has 0 saturated carbocycles. The molecule has 0 unspecified atom stereocenters. The van der Waals surface area contributed by atoms with E-state index in [-0.39, 0.29) is 24.2 Å². The van der Waals surface area contributed by atoms with E-state index in [0.717, 1.165) is 10.0 Å². The zero-order valence-corrected chi connectivity index (χ0v) is 14.8. The Morgan fingerprint density at radius 1 is 1.08 bits per heavy atom. The quantitative estimate of drug-likeness (QED) is 0.815. The number of halogens is 2. The Bertz CT molecular complexity index is 702. The van der Waals surface area contributed by atoms with E-state index in [1.54, 1.807) is 24.3 Å². The highest BCUT2D eigenvalue weighted by Crippen LogP contribution is 2.14. The fraction of sp³-hybridized carbons (Fsp3) is 0.222. The largest absolute Gasteiger partial charge is 0.333 e. The monoisotopic (exact) mass is 392 g/mol. The predicted molar refractivity (Wildman–Crippen MR) is 95.1 cm³/mol. The second-order valence-electron chi connectivity index (χ2n) is 5.37. The number of anilines is 1. The van der Waals surface area contributed by atoms with Gasteiger partial charge in [-0.25, -0.2) is 4.39 Å². The SMILES string of the molecule is CC(=O)N(CCc1ccc(F)cc1)CC(=O)Nc1ccc(Br)cc1. The van der Waals surface area contributed by atoms with Crippen molar-refractivity contribution < 1.29 is 14.0 Å². The molecule has 0 fully saturated rings. The van der Waals surface area contributed by atoms with Crippen molar-refractivity contribution in [1.82, 2.24) is 4.90 Å². The van der Waals surface area contributed by atoms with Crippen LogP contribution in [-0.2, 0) is 16.0 Å². The van der Waals surface area contributed by atoms with Crippen LogP contribution in [0.15, 0.2) is 53.0 Å². The average molecular weight is 393 g/mol. The van der Waals surface area contributed by atoms with E-state index in [1.807, 2.05) is 12.1 Å². The third kappa shape index (κ3) is 5.77. The molecule has 126 valence electrons. The van der Waals surface area contributed by atoms with Crippen LogP contribution in [0, 0.1) is 5.82 Å². The molecule has 6 heteroatoms. The lowest BCUT2D eigenvalue weighted by atomic mass is 10.1. The number of carbonyl (C=O) groups is 2. The number of benzene rings is 2. The molecule has 2 rings (SSSR count). The molecule has 24 heavy (non-hydrogen) atoms. The summed E-state index contributed by atoms with van der Waals surface area (Å²) in [5.74, 6) is -0.731. The highest BCUT2D eigenvalue weighted by atomic mass is 79.9. The van der Waals surface area contributed by atoms with Gasteiger partial charge in [-0.15, -0.1) is 0 Å². The Hall–Kier alpha value is -2.21. The van der Waals surface area contributed by atoms with Crippen molar-refractivity contribution in [3.05, 3.63) is 64.4 Å². The molecule has 0 atom stereocenters. The van der Waals surface area contributed by atoms with Crippen LogP contribution in [0.3, 0.4) is 0 Å². The number of rotatable bonds is 6. The number of nitrogens with one attached hydrogen (secondary N) is 1. The average Bonchev–Trinajstić information content (AvgIpc) is 2.55. The molecule has 0 spiro atoms. The molecule has 2 amide bonds. The molecule has 2 aromatic rings. The summed E-state index contributed by atoms with van der Waals surface area (Å²) in [6.45, 7) is 1.80. The highest BCUT2D eigenvalue weighted by Gasteiger charge is 2.13. The van der Waals surface area contributed by atoms with Crippen LogP contribution in [0.5, 0.6) is 0 Å². The van der Waals surface area contributed by atoms with Crippen molar-refractivity contribution in [1.29, 1.82) is 0 Å². The zero-order chi connectivity index (χ0) is 17.5. The first-order valence-corrected chi connectivity index (χ1v) is 8.29. The molecule has 2 aromatic carbocycles. The molecule has 0 bridgehead atoms. The molecule has 0 aliphatic rings. The molecular weight excluding hydrogens is 375 g/mol. The normalized spacial score (nSPS) is 10.3. The minimum Gasteiger partial charge on any atom is -0.333 e. The molecule has 0 saturated heterocycles. The van der Waals surface area contributed by atoms with Gasteiger partial charge in [0, 0.05) is 23.6 Å². The van der Waals surface area contributed by atoms with Crippen molar-refractivity contribution >= 4 is 33.4 Å². The lowest BCUT2D eigenvalue weighted by molar-refractivity contribution is -0.132. The highest BCUT2D eigenvalue weighted by molar-refractivity contribution is 9.10. The molecule has 0 heterocycles. The van der Waals surface area contributed by atoms with E-state index in [0.29, 0.717) is 18.7 Å². The van der Waals surface area contributed by atoms with Crippen LogP contribution in [-0.4, -0.2) is 29.8 Å². The van der Waals surface area contributed by atoms with E-state index in [4.69, 9.17) is 0 Å². The minimum absolute atomic E-state index is 0.0212. The maximum Gasteiger partial charge on any atom is 0.243 e. The third-order valence-corrected chi connectivity index (χ3v) is 4.02. The Balaban J connectivity index is 1.90. The van der Waals surface area contributed by atoms with Gasteiger partial charge < -0.3 is 10.2 Å².